The Bertz CT molecular complexity index is 770. The largest absolute Gasteiger partial charge is 0.329 e. The molecular formula is C17H20FN3O. The van der Waals surface area contributed by atoms with Gasteiger partial charge in [0.1, 0.15) is 11.9 Å². The predicted molar refractivity (Wildman–Crippen MR) is 83.9 cm³/mol. The zero-order valence-electron chi connectivity index (χ0n) is 13.1. The van der Waals surface area contributed by atoms with Crippen LogP contribution in [0.3, 0.4) is 0 Å². The van der Waals surface area contributed by atoms with E-state index in [2.05, 4.69) is 17.0 Å². The van der Waals surface area contributed by atoms with Gasteiger partial charge in [-0.1, -0.05) is 27.4 Å². The molecule has 0 saturated carbocycles. The Morgan fingerprint density at radius 1 is 1.41 bits per heavy atom. The average molecular weight is 301 g/mol. The maximum Gasteiger partial charge on any atom is 0.248 e. The molecule has 22 heavy (non-hydrogen) atoms. The van der Waals surface area contributed by atoms with Gasteiger partial charge in [0.15, 0.2) is 0 Å². The lowest BCUT2D eigenvalue weighted by Crippen LogP contribution is -2.36. The average Bonchev–Trinajstić information content (AvgIpc) is 2.78. The number of hydrogen-bond donors (Lipinski definition) is 1. The van der Waals surface area contributed by atoms with E-state index in [0.29, 0.717) is 17.5 Å². The van der Waals surface area contributed by atoms with Crippen molar-refractivity contribution in [1.82, 2.24) is 15.1 Å². The number of nitrogens with zero attached hydrogens (tertiary/aromatic N) is 2. The summed E-state index contributed by atoms with van der Waals surface area (Å²) < 4.78 is 15.9. The van der Waals surface area contributed by atoms with Crippen molar-refractivity contribution in [2.24, 2.45) is 0 Å². The fraction of sp³-hybridized carbons (Fsp3) is 0.412. The molecule has 0 aliphatic carbocycles. The summed E-state index contributed by atoms with van der Waals surface area (Å²) in [5.74, 6) is -0.368. The van der Waals surface area contributed by atoms with Gasteiger partial charge in [-0.3, -0.25) is 9.48 Å². The number of nitrogens with one attached hydrogen (secondary N) is 1. The monoisotopic (exact) mass is 301 g/mol. The number of carbonyl (C=O) groups excluding carboxylic acids is 1. The van der Waals surface area contributed by atoms with Gasteiger partial charge in [-0.15, -0.1) is 0 Å². The third kappa shape index (κ3) is 2.51. The van der Waals surface area contributed by atoms with Gasteiger partial charge in [0, 0.05) is 23.3 Å². The topological polar surface area (TPSA) is 46.9 Å². The van der Waals surface area contributed by atoms with Crippen LogP contribution in [0.5, 0.6) is 0 Å². The fourth-order valence-corrected chi connectivity index (χ4v) is 2.81. The molecule has 1 N–H and O–H groups in total. The molecule has 1 aromatic carbocycles. The summed E-state index contributed by atoms with van der Waals surface area (Å²) in [7, 11) is 0. The van der Waals surface area contributed by atoms with Gasteiger partial charge in [0.2, 0.25) is 5.91 Å². The molecule has 1 aliphatic rings. The lowest BCUT2D eigenvalue weighted by molar-refractivity contribution is -0.125. The van der Waals surface area contributed by atoms with Crippen molar-refractivity contribution in [2.75, 3.05) is 0 Å². The predicted octanol–water partition coefficient (Wildman–Crippen LogP) is 3.44. The van der Waals surface area contributed by atoms with Crippen molar-refractivity contribution in [1.29, 1.82) is 0 Å². The Kier molecular flexibility index (Phi) is 3.31. The highest BCUT2D eigenvalue weighted by Gasteiger charge is 2.27. The summed E-state index contributed by atoms with van der Waals surface area (Å²) in [6, 6.07) is 2.92. The summed E-state index contributed by atoms with van der Waals surface area (Å²) >= 11 is 0. The van der Waals surface area contributed by atoms with E-state index in [1.165, 1.54) is 6.07 Å². The van der Waals surface area contributed by atoms with E-state index < -0.39 is 0 Å². The second kappa shape index (κ2) is 4.93. The van der Waals surface area contributed by atoms with Crippen molar-refractivity contribution < 1.29 is 9.18 Å². The third-order valence-corrected chi connectivity index (χ3v) is 4.06. The summed E-state index contributed by atoms with van der Waals surface area (Å²) in [5.41, 5.74) is 1.68. The zero-order chi connectivity index (χ0) is 16.1. The normalized spacial score (nSPS) is 19.5. The number of hydrogen-bond acceptors (Lipinski definition) is 2. The van der Waals surface area contributed by atoms with Gasteiger partial charge in [-0.2, -0.15) is 5.10 Å². The molecule has 1 fully saturated rings. The summed E-state index contributed by atoms with van der Waals surface area (Å²) in [6.45, 7) is 9.70. The van der Waals surface area contributed by atoms with Crippen LogP contribution in [0.15, 0.2) is 30.6 Å². The van der Waals surface area contributed by atoms with E-state index in [0.717, 1.165) is 17.5 Å². The SMILES string of the molecule is C=C1CCC(n2cc3cc(C(C)(C)C)c(F)cc3n2)C(=O)N1. The quantitative estimate of drug-likeness (QED) is 0.877. The summed E-state index contributed by atoms with van der Waals surface area (Å²) in [5, 5.41) is 7.98. The minimum atomic E-state index is -0.362. The van der Waals surface area contributed by atoms with E-state index in [1.807, 2.05) is 33.0 Å². The lowest BCUT2D eigenvalue weighted by atomic mass is 9.86. The number of carbonyl (C=O) groups is 1. The molecule has 0 radical (unpaired) electrons. The van der Waals surface area contributed by atoms with Crippen LogP contribution in [0, 0.1) is 5.82 Å². The Hall–Kier alpha value is -2.17. The number of amides is 1. The molecule has 1 unspecified atom stereocenters. The van der Waals surface area contributed by atoms with Gasteiger partial charge < -0.3 is 5.32 Å². The second-order valence-electron chi connectivity index (χ2n) is 6.90. The summed E-state index contributed by atoms with van der Waals surface area (Å²) in [6.07, 6.45) is 3.21. The van der Waals surface area contributed by atoms with Crippen molar-refractivity contribution in [3.8, 4) is 0 Å². The standard InChI is InChI=1S/C17H20FN3O/c1-10-5-6-15(16(22)19-10)21-9-11-7-12(17(2,3)4)13(18)8-14(11)20-21/h7-9,15H,1,5-6H2,2-4H3,(H,19,22). The molecule has 3 rings (SSSR count). The molecule has 5 heteroatoms. The number of fused-ring (bicyclic) bond motifs is 1. The van der Waals surface area contributed by atoms with E-state index in [9.17, 15) is 9.18 Å². The number of rotatable bonds is 1. The van der Waals surface area contributed by atoms with E-state index in [-0.39, 0.29) is 23.2 Å². The molecule has 1 aromatic heterocycles. The molecule has 116 valence electrons. The van der Waals surface area contributed by atoms with Crippen LogP contribution in [-0.4, -0.2) is 15.7 Å². The molecule has 1 amide bonds. The highest BCUT2D eigenvalue weighted by Crippen LogP contribution is 2.30. The smallest absolute Gasteiger partial charge is 0.248 e. The minimum Gasteiger partial charge on any atom is -0.329 e. The maximum atomic E-state index is 14.3. The Morgan fingerprint density at radius 3 is 2.77 bits per heavy atom. The Morgan fingerprint density at radius 2 is 2.14 bits per heavy atom. The molecule has 1 aliphatic heterocycles. The second-order valence-corrected chi connectivity index (χ2v) is 6.90. The number of aromatic nitrogens is 2. The number of benzene rings is 1. The molecule has 1 saturated heterocycles. The molecule has 1 atom stereocenters. The van der Waals surface area contributed by atoms with Gasteiger partial charge in [0.25, 0.3) is 0 Å². The van der Waals surface area contributed by atoms with Crippen LogP contribution < -0.4 is 5.32 Å². The first-order chi connectivity index (χ1) is 10.3. The van der Waals surface area contributed by atoms with E-state index >= 15 is 0 Å². The van der Waals surface area contributed by atoms with Gasteiger partial charge >= 0.3 is 0 Å². The molecule has 2 heterocycles. The van der Waals surface area contributed by atoms with E-state index in [4.69, 9.17) is 0 Å². The first kappa shape index (κ1) is 14.8. The fourth-order valence-electron chi connectivity index (χ4n) is 2.81. The van der Waals surface area contributed by atoms with Crippen LogP contribution in [-0.2, 0) is 10.2 Å². The maximum absolute atomic E-state index is 14.3. The molecule has 0 spiro atoms. The van der Waals surface area contributed by atoms with Crippen molar-refractivity contribution in [3.05, 3.63) is 42.0 Å². The molecule has 4 nitrogen and oxygen atoms in total. The molecule has 2 aromatic rings. The first-order valence-corrected chi connectivity index (χ1v) is 7.43. The van der Waals surface area contributed by atoms with Crippen molar-refractivity contribution in [2.45, 2.75) is 45.1 Å². The number of allylic oxidation sites excluding steroid dienone is 1. The number of halogens is 1. The van der Waals surface area contributed by atoms with Gasteiger partial charge in [0.05, 0.1) is 5.52 Å². The minimum absolute atomic E-state index is 0.111. The van der Waals surface area contributed by atoms with Gasteiger partial charge in [-0.05, 0) is 29.9 Å². The molecule has 0 bridgehead atoms. The lowest BCUT2D eigenvalue weighted by Gasteiger charge is -2.23. The highest BCUT2D eigenvalue weighted by atomic mass is 19.1. The van der Waals surface area contributed by atoms with Crippen LogP contribution >= 0.6 is 0 Å². The Balaban J connectivity index is 2.03. The van der Waals surface area contributed by atoms with Crippen LogP contribution in [0.25, 0.3) is 10.9 Å². The van der Waals surface area contributed by atoms with Gasteiger partial charge in [-0.25, -0.2) is 4.39 Å². The zero-order valence-corrected chi connectivity index (χ0v) is 13.1. The highest BCUT2D eigenvalue weighted by molar-refractivity contribution is 5.84. The Labute approximate surface area is 129 Å². The molecular weight excluding hydrogens is 281 g/mol. The van der Waals surface area contributed by atoms with Crippen LogP contribution in [0.1, 0.15) is 45.2 Å². The van der Waals surface area contributed by atoms with Crippen LogP contribution in [0.2, 0.25) is 0 Å². The summed E-state index contributed by atoms with van der Waals surface area (Å²) in [4.78, 5) is 12.1. The van der Waals surface area contributed by atoms with Crippen molar-refractivity contribution >= 4 is 16.8 Å². The first-order valence-electron chi connectivity index (χ1n) is 7.43. The van der Waals surface area contributed by atoms with E-state index in [1.54, 1.807) is 4.68 Å². The van der Waals surface area contributed by atoms with Crippen LogP contribution in [0.4, 0.5) is 4.39 Å². The van der Waals surface area contributed by atoms with Crippen molar-refractivity contribution in [3.63, 3.8) is 0 Å². The third-order valence-electron chi connectivity index (χ3n) is 4.06. The number of piperidine rings is 1.